The van der Waals surface area contributed by atoms with Gasteiger partial charge in [-0.1, -0.05) is 33.3 Å². The maximum Gasteiger partial charge on any atom is 0.417 e. The van der Waals surface area contributed by atoms with Crippen LogP contribution in [-0.2, 0) is 12.6 Å². The Balaban J connectivity index is 2.22. The number of aromatic nitrogens is 2. The molecule has 0 saturated carbocycles. The van der Waals surface area contributed by atoms with Crippen molar-refractivity contribution in [1.82, 2.24) is 15.5 Å². The Hall–Kier alpha value is -0.990. The monoisotopic (exact) mass is 379 g/mol. The third-order valence-corrected chi connectivity index (χ3v) is 4.53. The predicted molar refractivity (Wildman–Crippen MR) is 80.3 cm³/mol. The molecule has 114 valence electrons. The Labute approximate surface area is 132 Å². The molecule has 3 nitrogen and oxygen atoms in total. The van der Waals surface area contributed by atoms with Crippen LogP contribution in [0.1, 0.15) is 17.0 Å². The Morgan fingerprint density at radius 3 is 2.71 bits per heavy atom. The minimum atomic E-state index is -4.39. The number of alkyl halides is 3. The summed E-state index contributed by atoms with van der Waals surface area (Å²) in [6.45, 7) is 0.866. The molecule has 2 aromatic rings. The average molecular weight is 380 g/mol. The highest BCUT2D eigenvalue weighted by molar-refractivity contribution is 9.10. The minimum absolute atomic E-state index is 0.0255. The van der Waals surface area contributed by atoms with E-state index in [2.05, 4.69) is 31.4 Å². The molecular weight excluding hydrogens is 367 g/mol. The number of aryl methyl sites for hydroxylation is 1. The number of nitrogens with zero attached hydrogens (tertiary/aromatic N) is 2. The van der Waals surface area contributed by atoms with Crippen molar-refractivity contribution in [2.24, 2.45) is 0 Å². The quantitative estimate of drug-likeness (QED) is 0.793. The highest BCUT2D eigenvalue weighted by atomic mass is 79.9. The Bertz CT molecular complexity index is 613. The van der Waals surface area contributed by atoms with Gasteiger partial charge in [0, 0.05) is 16.5 Å². The van der Waals surface area contributed by atoms with Gasteiger partial charge in [-0.2, -0.15) is 13.2 Å². The first-order valence-electron chi connectivity index (χ1n) is 6.26. The van der Waals surface area contributed by atoms with E-state index in [1.807, 2.05) is 7.05 Å². The van der Waals surface area contributed by atoms with Crippen LogP contribution in [0.3, 0.4) is 0 Å². The molecule has 0 unspecified atom stereocenters. The van der Waals surface area contributed by atoms with E-state index in [0.717, 1.165) is 30.5 Å². The molecule has 1 N–H and O–H groups in total. The zero-order valence-corrected chi connectivity index (χ0v) is 13.6. The van der Waals surface area contributed by atoms with E-state index in [1.165, 1.54) is 17.4 Å². The Morgan fingerprint density at radius 1 is 1.29 bits per heavy atom. The van der Waals surface area contributed by atoms with Gasteiger partial charge in [0.05, 0.1) is 5.56 Å². The molecule has 0 fully saturated rings. The highest BCUT2D eigenvalue weighted by Gasteiger charge is 2.33. The highest BCUT2D eigenvalue weighted by Crippen LogP contribution is 2.37. The van der Waals surface area contributed by atoms with Crippen LogP contribution < -0.4 is 5.32 Å². The van der Waals surface area contributed by atoms with Crippen LogP contribution in [0.4, 0.5) is 13.2 Å². The van der Waals surface area contributed by atoms with Crippen LogP contribution in [0.2, 0.25) is 0 Å². The van der Waals surface area contributed by atoms with Crippen molar-refractivity contribution < 1.29 is 13.2 Å². The summed E-state index contributed by atoms with van der Waals surface area (Å²) in [4.78, 5) is 0. The second kappa shape index (κ2) is 6.85. The van der Waals surface area contributed by atoms with Crippen LogP contribution >= 0.6 is 27.3 Å². The van der Waals surface area contributed by atoms with Gasteiger partial charge in [0.2, 0.25) is 0 Å². The number of hydrogen-bond acceptors (Lipinski definition) is 4. The average Bonchev–Trinajstić information content (AvgIpc) is 2.87. The molecule has 0 bridgehead atoms. The van der Waals surface area contributed by atoms with Crippen LogP contribution in [0.15, 0.2) is 22.7 Å². The molecule has 2 rings (SSSR count). The van der Waals surface area contributed by atoms with E-state index in [0.29, 0.717) is 10.6 Å². The molecule has 1 aromatic heterocycles. The molecule has 0 aliphatic carbocycles. The van der Waals surface area contributed by atoms with Crippen molar-refractivity contribution in [3.8, 4) is 10.6 Å². The molecule has 0 atom stereocenters. The predicted octanol–water partition coefficient (Wildman–Crippen LogP) is 4.14. The summed E-state index contributed by atoms with van der Waals surface area (Å²) in [5, 5.41) is 12.4. The number of nitrogens with one attached hydrogen (secondary N) is 1. The SMILES string of the molecule is CNCCCc1nnc(-c2ccc(Br)c(C(F)(F)F)c2)s1. The van der Waals surface area contributed by atoms with Gasteiger partial charge in [0.1, 0.15) is 10.0 Å². The zero-order chi connectivity index (χ0) is 15.5. The fourth-order valence-corrected chi connectivity index (χ4v) is 3.11. The van der Waals surface area contributed by atoms with Crippen molar-refractivity contribution in [2.75, 3.05) is 13.6 Å². The summed E-state index contributed by atoms with van der Waals surface area (Å²) >= 11 is 4.26. The van der Waals surface area contributed by atoms with E-state index in [-0.39, 0.29) is 4.47 Å². The lowest BCUT2D eigenvalue weighted by Gasteiger charge is -2.09. The van der Waals surface area contributed by atoms with Gasteiger partial charge in [0.25, 0.3) is 0 Å². The van der Waals surface area contributed by atoms with Gasteiger partial charge in [-0.05, 0) is 32.1 Å². The standard InChI is InChI=1S/C13H13BrF3N3S/c1-18-6-2-3-11-19-20-12(21-11)8-4-5-10(14)9(7-8)13(15,16)17/h4-5,7,18H,2-3,6H2,1H3. The second-order valence-corrected chi connectivity index (χ2v) is 6.32. The van der Waals surface area contributed by atoms with E-state index >= 15 is 0 Å². The van der Waals surface area contributed by atoms with E-state index in [4.69, 9.17) is 0 Å². The molecule has 21 heavy (non-hydrogen) atoms. The second-order valence-electron chi connectivity index (χ2n) is 4.40. The van der Waals surface area contributed by atoms with E-state index in [1.54, 1.807) is 6.07 Å². The normalized spacial score (nSPS) is 11.9. The number of halogens is 4. The molecule has 0 aliphatic rings. The summed E-state index contributed by atoms with van der Waals surface area (Å²) in [5.74, 6) is 0. The fraction of sp³-hybridized carbons (Fsp3) is 0.385. The first kappa shape index (κ1) is 16.4. The van der Waals surface area contributed by atoms with Gasteiger partial charge < -0.3 is 5.32 Å². The van der Waals surface area contributed by atoms with Crippen LogP contribution in [0.5, 0.6) is 0 Å². The molecule has 1 aromatic carbocycles. The van der Waals surface area contributed by atoms with E-state index in [9.17, 15) is 13.2 Å². The smallest absolute Gasteiger partial charge is 0.320 e. The van der Waals surface area contributed by atoms with Gasteiger partial charge in [-0.3, -0.25) is 0 Å². The Kier molecular flexibility index (Phi) is 5.34. The maximum absolute atomic E-state index is 12.9. The Morgan fingerprint density at radius 2 is 2.05 bits per heavy atom. The van der Waals surface area contributed by atoms with Crippen LogP contribution in [-0.4, -0.2) is 23.8 Å². The summed E-state index contributed by atoms with van der Waals surface area (Å²) < 4.78 is 38.7. The van der Waals surface area contributed by atoms with Gasteiger partial charge in [0.15, 0.2) is 0 Å². The first-order chi connectivity index (χ1) is 9.91. The summed E-state index contributed by atoms with van der Waals surface area (Å²) in [5.41, 5.74) is -0.269. The topological polar surface area (TPSA) is 37.8 Å². The fourth-order valence-electron chi connectivity index (χ4n) is 1.76. The first-order valence-corrected chi connectivity index (χ1v) is 7.87. The van der Waals surface area contributed by atoms with Crippen LogP contribution in [0.25, 0.3) is 10.6 Å². The lowest BCUT2D eigenvalue weighted by molar-refractivity contribution is -0.138. The third-order valence-electron chi connectivity index (χ3n) is 2.80. The zero-order valence-electron chi connectivity index (χ0n) is 11.2. The van der Waals surface area contributed by atoms with Gasteiger partial charge in [-0.15, -0.1) is 10.2 Å². The number of benzene rings is 1. The minimum Gasteiger partial charge on any atom is -0.320 e. The molecule has 0 amide bonds. The summed E-state index contributed by atoms with van der Waals surface area (Å²) in [6.07, 6.45) is -2.71. The summed E-state index contributed by atoms with van der Waals surface area (Å²) in [7, 11) is 1.87. The van der Waals surface area contributed by atoms with Crippen molar-refractivity contribution in [2.45, 2.75) is 19.0 Å². The van der Waals surface area contributed by atoms with Crippen molar-refractivity contribution in [1.29, 1.82) is 0 Å². The molecule has 1 heterocycles. The van der Waals surface area contributed by atoms with Crippen molar-refractivity contribution >= 4 is 27.3 Å². The van der Waals surface area contributed by atoms with Gasteiger partial charge in [-0.25, -0.2) is 0 Å². The van der Waals surface area contributed by atoms with E-state index < -0.39 is 11.7 Å². The molecule has 8 heteroatoms. The number of hydrogen-bond donors (Lipinski definition) is 1. The van der Waals surface area contributed by atoms with Crippen molar-refractivity contribution in [3.63, 3.8) is 0 Å². The number of rotatable bonds is 5. The maximum atomic E-state index is 12.9. The van der Waals surface area contributed by atoms with Crippen LogP contribution in [0, 0.1) is 0 Å². The molecule has 0 aliphatic heterocycles. The summed E-state index contributed by atoms with van der Waals surface area (Å²) in [6, 6.07) is 4.10. The molecule has 0 saturated heterocycles. The molecular formula is C13H13BrF3N3S. The molecule has 0 spiro atoms. The largest absolute Gasteiger partial charge is 0.417 e. The lowest BCUT2D eigenvalue weighted by atomic mass is 10.1. The van der Waals surface area contributed by atoms with Crippen molar-refractivity contribution in [3.05, 3.63) is 33.2 Å². The van der Waals surface area contributed by atoms with Gasteiger partial charge >= 0.3 is 6.18 Å². The third kappa shape index (κ3) is 4.24. The lowest BCUT2D eigenvalue weighted by Crippen LogP contribution is -2.08. The molecule has 0 radical (unpaired) electrons.